The second-order valence-electron chi connectivity index (χ2n) is 7.40. The number of methoxy groups -OCH3 is 1. The Morgan fingerprint density at radius 2 is 1.72 bits per heavy atom. The molecule has 0 atom stereocenters. The fourth-order valence-corrected chi connectivity index (χ4v) is 3.92. The summed E-state index contributed by atoms with van der Waals surface area (Å²) < 4.78 is 5.21. The minimum atomic E-state index is -0.118. The van der Waals surface area contributed by atoms with Crippen LogP contribution in [0.3, 0.4) is 0 Å². The SMILES string of the molecule is COc1ccc(CC2CCC(=NOC(=O)C3CCCCC3)CC2)cc1. The van der Waals surface area contributed by atoms with Crippen molar-refractivity contribution in [2.24, 2.45) is 17.0 Å². The monoisotopic (exact) mass is 343 g/mol. The van der Waals surface area contributed by atoms with E-state index in [0.29, 0.717) is 5.92 Å². The summed E-state index contributed by atoms with van der Waals surface area (Å²) in [4.78, 5) is 17.3. The molecule has 2 saturated carbocycles. The maximum atomic E-state index is 12.1. The Bertz CT molecular complexity index is 578. The Morgan fingerprint density at radius 3 is 2.36 bits per heavy atom. The smallest absolute Gasteiger partial charge is 0.338 e. The molecule has 1 aromatic rings. The summed E-state index contributed by atoms with van der Waals surface area (Å²) in [6.07, 6.45) is 10.7. The summed E-state index contributed by atoms with van der Waals surface area (Å²) in [5.74, 6) is 1.54. The molecule has 2 aliphatic rings. The third-order valence-corrected chi connectivity index (χ3v) is 5.57. The molecule has 0 heterocycles. The van der Waals surface area contributed by atoms with E-state index in [0.717, 1.165) is 69.2 Å². The van der Waals surface area contributed by atoms with Gasteiger partial charge in [0.2, 0.25) is 0 Å². The zero-order chi connectivity index (χ0) is 17.5. The fourth-order valence-electron chi connectivity index (χ4n) is 3.92. The van der Waals surface area contributed by atoms with Crippen LogP contribution in [-0.4, -0.2) is 18.8 Å². The number of hydrogen-bond acceptors (Lipinski definition) is 4. The molecule has 2 fully saturated rings. The number of ether oxygens (including phenoxy) is 1. The van der Waals surface area contributed by atoms with Gasteiger partial charge >= 0.3 is 5.97 Å². The van der Waals surface area contributed by atoms with Crippen LogP contribution >= 0.6 is 0 Å². The van der Waals surface area contributed by atoms with Crippen LogP contribution < -0.4 is 4.74 Å². The van der Waals surface area contributed by atoms with E-state index in [-0.39, 0.29) is 11.9 Å². The maximum absolute atomic E-state index is 12.1. The molecule has 25 heavy (non-hydrogen) atoms. The average molecular weight is 343 g/mol. The van der Waals surface area contributed by atoms with E-state index in [2.05, 4.69) is 17.3 Å². The molecule has 0 aromatic heterocycles. The number of carbonyl (C=O) groups is 1. The number of benzene rings is 1. The van der Waals surface area contributed by atoms with Crippen LogP contribution in [0.2, 0.25) is 0 Å². The summed E-state index contributed by atoms with van der Waals surface area (Å²) in [5, 5.41) is 4.17. The molecule has 0 unspecified atom stereocenters. The summed E-state index contributed by atoms with van der Waals surface area (Å²) >= 11 is 0. The lowest BCUT2D eigenvalue weighted by atomic mass is 9.84. The van der Waals surface area contributed by atoms with Crippen LogP contribution in [-0.2, 0) is 16.1 Å². The number of rotatable bonds is 5. The average Bonchev–Trinajstić information content (AvgIpc) is 2.68. The first-order valence-electron chi connectivity index (χ1n) is 9.64. The highest BCUT2D eigenvalue weighted by atomic mass is 16.7. The summed E-state index contributed by atoms with van der Waals surface area (Å²) in [6.45, 7) is 0. The van der Waals surface area contributed by atoms with Crippen molar-refractivity contribution >= 4 is 11.7 Å². The largest absolute Gasteiger partial charge is 0.497 e. The minimum Gasteiger partial charge on any atom is -0.497 e. The zero-order valence-corrected chi connectivity index (χ0v) is 15.2. The lowest BCUT2D eigenvalue weighted by molar-refractivity contribution is -0.149. The predicted octanol–water partition coefficient (Wildman–Crippen LogP) is 4.91. The first kappa shape index (κ1) is 18.0. The van der Waals surface area contributed by atoms with Crippen molar-refractivity contribution in [3.8, 4) is 5.75 Å². The standard InChI is InChI=1S/C21H29NO3/c1-24-20-13-9-17(10-14-20)15-16-7-11-19(12-8-16)22-25-21(23)18-5-3-2-4-6-18/h9-10,13-14,16,18H,2-8,11-12,15H2,1H3. The van der Waals surface area contributed by atoms with Crippen LogP contribution in [0.4, 0.5) is 0 Å². The molecule has 136 valence electrons. The van der Waals surface area contributed by atoms with Gasteiger partial charge in [0.15, 0.2) is 0 Å². The minimum absolute atomic E-state index is 0.0736. The molecule has 2 aliphatic carbocycles. The third-order valence-electron chi connectivity index (χ3n) is 5.57. The van der Waals surface area contributed by atoms with Gasteiger partial charge in [-0.05, 0) is 68.6 Å². The highest BCUT2D eigenvalue weighted by Gasteiger charge is 2.24. The van der Waals surface area contributed by atoms with E-state index < -0.39 is 0 Å². The van der Waals surface area contributed by atoms with Crippen LogP contribution in [0, 0.1) is 11.8 Å². The molecular formula is C21H29NO3. The first-order valence-corrected chi connectivity index (χ1v) is 9.64. The summed E-state index contributed by atoms with van der Waals surface area (Å²) in [6, 6.07) is 8.34. The van der Waals surface area contributed by atoms with Gasteiger partial charge in [0.1, 0.15) is 5.75 Å². The van der Waals surface area contributed by atoms with E-state index in [9.17, 15) is 4.79 Å². The highest BCUT2D eigenvalue weighted by Crippen LogP contribution is 2.28. The highest BCUT2D eigenvalue weighted by molar-refractivity contribution is 5.85. The molecule has 0 saturated heterocycles. The van der Waals surface area contributed by atoms with Crippen molar-refractivity contribution in [3.63, 3.8) is 0 Å². The van der Waals surface area contributed by atoms with Crippen molar-refractivity contribution in [1.82, 2.24) is 0 Å². The molecule has 0 bridgehead atoms. The van der Waals surface area contributed by atoms with Crippen molar-refractivity contribution < 1.29 is 14.4 Å². The molecule has 0 amide bonds. The van der Waals surface area contributed by atoms with Crippen LogP contribution in [0.5, 0.6) is 5.75 Å². The Kier molecular flexibility index (Phi) is 6.48. The zero-order valence-electron chi connectivity index (χ0n) is 15.2. The third kappa shape index (κ3) is 5.32. The van der Waals surface area contributed by atoms with Gasteiger partial charge in [0.25, 0.3) is 0 Å². The molecule has 4 heteroatoms. The lowest BCUT2D eigenvalue weighted by Gasteiger charge is -2.23. The fraction of sp³-hybridized carbons (Fsp3) is 0.619. The Morgan fingerprint density at radius 1 is 1.04 bits per heavy atom. The van der Waals surface area contributed by atoms with Gasteiger partial charge in [0.05, 0.1) is 18.7 Å². The van der Waals surface area contributed by atoms with Crippen LogP contribution in [0.15, 0.2) is 29.4 Å². The Balaban J connectivity index is 1.42. The van der Waals surface area contributed by atoms with Crippen molar-refractivity contribution in [1.29, 1.82) is 0 Å². The van der Waals surface area contributed by atoms with Gasteiger partial charge in [-0.25, -0.2) is 4.79 Å². The molecule has 0 N–H and O–H groups in total. The normalized spacial score (nSPS) is 21.6. The van der Waals surface area contributed by atoms with E-state index in [1.807, 2.05) is 12.1 Å². The van der Waals surface area contributed by atoms with E-state index in [1.165, 1.54) is 12.0 Å². The summed E-state index contributed by atoms with van der Waals surface area (Å²) in [7, 11) is 1.69. The molecular weight excluding hydrogens is 314 g/mol. The molecule has 0 spiro atoms. The number of oxime groups is 1. The quantitative estimate of drug-likeness (QED) is 0.564. The van der Waals surface area contributed by atoms with Crippen molar-refractivity contribution in [3.05, 3.63) is 29.8 Å². The predicted molar refractivity (Wildman–Crippen MR) is 98.8 cm³/mol. The molecule has 1 aromatic carbocycles. The Hall–Kier alpha value is -1.84. The molecule has 0 aliphatic heterocycles. The van der Waals surface area contributed by atoms with Gasteiger partial charge in [0, 0.05) is 0 Å². The summed E-state index contributed by atoms with van der Waals surface area (Å²) in [5.41, 5.74) is 2.41. The van der Waals surface area contributed by atoms with Crippen molar-refractivity contribution in [2.75, 3.05) is 7.11 Å². The van der Waals surface area contributed by atoms with Gasteiger partial charge in [-0.2, -0.15) is 0 Å². The van der Waals surface area contributed by atoms with Crippen LogP contribution in [0.1, 0.15) is 63.4 Å². The van der Waals surface area contributed by atoms with E-state index in [1.54, 1.807) is 7.11 Å². The lowest BCUT2D eigenvalue weighted by Crippen LogP contribution is -2.20. The molecule has 0 radical (unpaired) electrons. The maximum Gasteiger partial charge on any atom is 0.338 e. The van der Waals surface area contributed by atoms with Gasteiger partial charge in [-0.1, -0.05) is 36.6 Å². The van der Waals surface area contributed by atoms with Crippen LogP contribution in [0.25, 0.3) is 0 Å². The van der Waals surface area contributed by atoms with Gasteiger partial charge < -0.3 is 9.57 Å². The number of carbonyl (C=O) groups excluding carboxylic acids is 1. The second-order valence-corrected chi connectivity index (χ2v) is 7.40. The molecule has 3 rings (SSSR count). The van der Waals surface area contributed by atoms with Gasteiger partial charge in [-0.15, -0.1) is 0 Å². The van der Waals surface area contributed by atoms with Gasteiger partial charge in [-0.3, -0.25) is 0 Å². The van der Waals surface area contributed by atoms with Crippen molar-refractivity contribution in [2.45, 2.75) is 64.2 Å². The second kappa shape index (κ2) is 9.02. The Labute approximate surface area is 150 Å². The molecule has 4 nitrogen and oxygen atoms in total. The van der Waals surface area contributed by atoms with E-state index in [4.69, 9.17) is 9.57 Å². The van der Waals surface area contributed by atoms with E-state index >= 15 is 0 Å². The topological polar surface area (TPSA) is 47.9 Å². The number of nitrogens with zero attached hydrogens (tertiary/aromatic N) is 1. The first-order chi connectivity index (χ1) is 12.2. The number of hydrogen-bond donors (Lipinski definition) is 0.